The van der Waals surface area contributed by atoms with Gasteiger partial charge >= 0.3 is 0 Å². The summed E-state index contributed by atoms with van der Waals surface area (Å²) in [5, 5.41) is 3.26. The number of aromatic nitrogens is 4. The Hall–Kier alpha value is -2.49. The van der Waals surface area contributed by atoms with Gasteiger partial charge in [-0.1, -0.05) is 12.1 Å². The number of nitrogen functional groups attached to an aromatic ring is 1. The number of rotatable bonds is 3. The van der Waals surface area contributed by atoms with Crippen molar-refractivity contribution in [1.82, 2.24) is 29.7 Å². The fraction of sp³-hybridized carbons (Fsp3) is 0.294. The normalized spacial score (nSPS) is 16.3. The monoisotopic (exact) mass is 427 g/mol. The molecule has 0 aliphatic carbocycles. The van der Waals surface area contributed by atoms with Crippen LogP contribution in [0, 0.1) is 5.82 Å². The van der Waals surface area contributed by atoms with Crippen molar-refractivity contribution >= 4 is 47.7 Å². The first-order valence-electron chi connectivity index (χ1n) is 8.30. The Morgan fingerprint density at radius 3 is 2.89 bits per heavy atom. The van der Waals surface area contributed by atoms with Gasteiger partial charge in [0, 0.05) is 19.6 Å². The van der Waals surface area contributed by atoms with Crippen molar-refractivity contribution in [2.24, 2.45) is 0 Å². The maximum absolute atomic E-state index is 13.6. The van der Waals surface area contributed by atoms with E-state index in [2.05, 4.69) is 20.3 Å². The van der Waals surface area contributed by atoms with Crippen LogP contribution in [0.25, 0.3) is 11.2 Å². The Morgan fingerprint density at radius 2 is 2.11 bits per heavy atom. The molecule has 28 heavy (non-hydrogen) atoms. The Kier molecular flexibility index (Phi) is 7.11. The third-order valence-electron chi connectivity index (χ3n) is 4.53. The van der Waals surface area contributed by atoms with Gasteiger partial charge in [-0.2, -0.15) is 0 Å². The van der Waals surface area contributed by atoms with Gasteiger partial charge in [-0.05, 0) is 17.7 Å². The molecule has 3 heterocycles. The van der Waals surface area contributed by atoms with Gasteiger partial charge in [-0.25, -0.2) is 19.3 Å². The van der Waals surface area contributed by atoms with Gasteiger partial charge < -0.3 is 20.5 Å². The molecular weight excluding hydrogens is 408 g/mol. The molecule has 1 aromatic carbocycles. The zero-order valence-electron chi connectivity index (χ0n) is 14.8. The van der Waals surface area contributed by atoms with Crippen molar-refractivity contribution in [2.45, 2.75) is 12.6 Å². The molecule has 4 rings (SSSR count). The summed E-state index contributed by atoms with van der Waals surface area (Å²) in [6, 6.07) is 6.14. The molecule has 0 bridgehead atoms. The summed E-state index contributed by atoms with van der Waals surface area (Å²) < 4.78 is 15.3. The minimum absolute atomic E-state index is 0. The number of imidazole rings is 1. The van der Waals surface area contributed by atoms with E-state index >= 15 is 0 Å². The summed E-state index contributed by atoms with van der Waals surface area (Å²) in [7, 11) is 0. The van der Waals surface area contributed by atoms with Crippen molar-refractivity contribution in [3.8, 4) is 0 Å². The molecule has 0 spiro atoms. The van der Waals surface area contributed by atoms with Crippen molar-refractivity contribution in [3.05, 3.63) is 48.3 Å². The number of hydrogen-bond acceptors (Lipinski definition) is 6. The number of fused-ring (bicyclic) bond motifs is 1. The molecule has 11 heteroatoms. The highest BCUT2D eigenvalue weighted by Crippen LogP contribution is 2.24. The number of carbonyl (C=O) groups excluding carboxylic acids is 1. The number of nitrogens with zero attached hydrogens (tertiary/aromatic N) is 5. The van der Waals surface area contributed by atoms with E-state index in [-0.39, 0.29) is 54.9 Å². The number of amides is 1. The first-order valence-corrected chi connectivity index (χ1v) is 8.30. The predicted octanol–water partition coefficient (Wildman–Crippen LogP) is 1.56. The average molecular weight is 428 g/mol. The fourth-order valence-corrected chi connectivity index (χ4v) is 3.27. The van der Waals surface area contributed by atoms with E-state index in [1.165, 1.54) is 24.8 Å². The molecule has 1 saturated heterocycles. The second kappa shape index (κ2) is 9.13. The number of carbonyl (C=O) groups is 1. The molecule has 1 unspecified atom stereocenters. The van der Waals surface area contributed by atoms with Gasteiger partial charge in [-0.3, -0.25) is 4.79 Å². The summed E-state index contributed by atoms with van der Waals surface area (Å²) in [6.07, 6.45) is 2.88. The summed E-state index contributed by atoms with van der Waals surface area (Å²) >= 11 is 0. The third-order valence-corrected chi connectivity index (χ3v) is 4.53. The molecule has 3 aromatic rings. The van der Waals surface area contributed by atoms with Crippen LogP contribution in [-0.2, 0) is 11.3 Å². The second-order valence-electron chi connectivity index (χ2n) is 6.17. The molecule has 1 aliphatic rings. The predicted molar refractivity (Wildman–Crippen MR) is 108 cm³/mol. The number of halogens is 3. The van der Waals surface area contributed by atoms with Gasteiger partial charge in [0.15, 0.2) is 11.5 Å². The molecule has 1 atom stereocenters. The van der Waals surface area contributed by atoms with Crippen LogP contribution in [0.1, 0.15) is 11.6 Å². The topological polar surface area (TPSA) is 102 Å². The lowest BCUT2D eigenvalue weighted by Gasteiger charge is -2.36. The highest BCUT2D eigenvalue weighted by Gasteiger charge is 2.28. The van der Waals surface area contributed by atoms with Crippen LogP contribution in [0.3, 0.4) is 0 Å². The molecule has 8 nitrogen and oxygen atoms in total. The number of piperazine rings is 1. The Labute approximate surface area is 173 Å². The van der Waals surface area contributed by atoms with E-state index in [0.29, 0.717) is 30.8 Å². The maximum Gasteiger partial charge on any atom is 0.243 e. The molecular formula is C17H20Cl2FN7O. The van der Waals surface area contributed by atoms with E-state index < -0.39 is 0 Å². The van der Waals surface area contributed by atoms with Crippen LogP contribution in [-0.4, -0.2) is 50.0 Å². The molecule has 1 aliphatic heterocycles. The van der Waals surface area contributed by atoms with Crippen molar-refractivity contribution < 1.29 is 9.18 Å². The number of anilines is 1. The SMILES string of the molecule is Cl.Cl.Nc1ncnc2c1ncn2CC(=O)N1CCNCC1c1cccc(F)c1. The molecule has 1 fully saturated rings. The van der Waals surface area contributed by atoms with Gasteiger partial charge in [0.05, 0.1) is 12.4 Å². The number of nitrogens with two attached hydrogens (primary N) is 1. The van der Waals surface area contributed by atoms with Gasteiger partial charge in [0.25, 0.3) is 0 Å². The number of hydrogen-bond donors (Lipinski definition) is 2. The van der Waals surface area contributed by atoms with Crippen LogP contribution < -0.4 is 11.1 Å². The quantitative estimate of drug-likeness (QED) is 0.657. The Morgan fingerprint density at radius 1 is 1.29 bits per heavy atom. The first-order chi connectivity index (χ1) is 12.6. The lowest BCUT2D eigenvalue weighted by Crippen LogP contribution is -2.49. The van der Waals surface area contributed by atoms with Crippen LogP contribution in [0.2, 0.25) is 0 Å². The zero-order chi connectivity index (χ0) is 18.1. The van der Waals surface area contributed by atoms with Gasteiger partial charge in [0.2, 0.25) is 5.91 Å². The highest BCUT2D eigenvalue weighted by atomic mass is 35.5. The largest absolute Gasteiger partial charge is 0.382 e. The smallest absolute Gasteiger partial charge is 0.243 e. The van der Waals surface area contributed by atoms with Crippen LogP contribution >= 0.6 is 24.8 Å². The standard InChI is InChI=1S/C17H18FN7O.2ClH/c18-12-3-1-2-11(6-12)13-7-20-4-5-25(13)14(26)8-24-10-23-15-16(19)21-9-22-17(15)24;;/h1-3,6,9-10,13,20H,4-5,7-8H2,(H2,19,21,22);2*1H. The van der Waals surface area contributed by atoms with E-state index in [9.17, 15) is 9.18 Å². The van der Waals surface area contributed by atoms with Crippen LogP contribution in [0.5, 0.6) is 0 Å². The van der Waals surface area contributed by atoms with E-state index in [1.807, 2.05) is 6.07 Å². The molecule has 2 aromatic heterocycles. The summed E-state index contributed by atoms with van der Waals surface area (Å²) in [6.45, 7) is 1.90. The molecule has 0 radical (unpaired) electrons. The number of nitrogens with one attached hydrogen (secondary N) is 1. The van der Waals surface area contributed by atoms with Crippen molar-refractivity contribution in [2.75, 3.05) is 25.4 Å². The summed E-state index contributed by atoms with van der Waals surface area (Å²) in [5.41, 5.74) is 7.55. The van der Waals surface area contributed by atoms with E-state index in [0.717, 1.165) is 5.56 Å². The van der Waals surface area contributed by atoms with Crippen molar-refractivity contribution in [3.63, 3.8) is 0 Å². The van der Waals surface area contributed by atoms with Gasteiger partial charge in [-0.15, -0.1) is 24.8 Å². The fourth-order valence-electron chi connectivity index (χ4n) is 3.27. The molecule has 0 saturated carbocycles. The first kappa shape index (κ1) is 21.8. The third kappa shape index (κ3) is 4.16. The highest BCUT2D eigenvalue weighted by molar-refractivity contribution is 5.86. The van der Waals surface area contributed by atoms with Gasteiger partial charge in [0.1, 0.15) is 24.2 Å². The molecule has 3 N–H and O–H groups in total. The number of benzene rings is 1. The van der Waals surface area contributed by atoms with Crippen LogP contribution in [0.15, 0.2) is 36.9 Å². The Bertz CT molecular complexity index is 968. The molecule has 150 valence electrons. The zero-order valence-corrected chi connectivity index (χ0v) is 16.4. The van der Waals surface area contributed by atoms with Crippen molar-refractivity contribution in [1.29, 1.82) is 0 Å². The second-order valence-corrected chi connectivity index (χ2v) is 6.17. The van der Waals surface area contributed by atoms with Crippen LogP contribution in [0.4, 0.5) is 10.2 Å². The lowest BCUT2D eigenvalue weighted by molar-refractivity contribution is -0.135. The minimum Gasteiger partial charge on any atom is -0.382 e. The molecule has 1 amide bonds. The summed E-state index contributed by atoms with van der Waals surface area (Å²) in [5.74, 6) is -0.119. The lowest BCUT2D eigenvalue weighted by atomic mass is 10.0. The van der Waals surface area contributed by atoms with E-state index in [4.69, 9.17) is 5.73 Å². The average Bonchev–Trinajstić information content (AvgIpc) is 3.06. The summed E-state index contributed by atoms with van der Waals surface area (Å²) in [4.78, 5) is 27.0. The maximum atomic E-state index is 13.6. The Balaban J connectivity index is 0.00000140. The van der Waals surface area contributed by atoms with E-state index in [1.54, 1.807) is 15.5 Å². The minimum atomic E-state index is -0.312.